The second kappa shape index (κ2) is 2.92. The molecule has 0 N–H and O–H groups in total. The Bertz CT molecular complexity index is 80.4. The molecule has 0 aliphatic carbocycles. The number of hydrogen-bond acceptors (Lipinski definition) is 1. The molecule has 0 saturated carbocycles. The Kier molecular flexibility index (Phi) is 2.84. The van der Waals surface area contributed by atoms with E-state index in [1.165, 1.54) is 7.05 Å². The van der Waals surface area contributed by atoms with Crippen LogP contribution in [0.25, 0.3) is 0 Å². The number of amides is 1. The summed E-state index contributed by atoms with van der Waals surface area (Å²) in [7, 11) is 1.53. The molecule has 2 nitrogen and oxygen atoms in total. The highest BCUT2D eigenvalue weighted by Gasteiger charge is 2.09. The minimum Gasteiger partial charge on any atom is -0.273 e. The fourth-order valence-electron chi connectivity index (χ4n) is 0.356. The zero-order valence-electron chi connectivity index (χ0n) is 5.31. The summed E-state index contributed by atoms with van der Waals surface area (Å²) in [6.07, 6.45) is 0. The van der Waals surface area contributed by atoms with Crippen molar-refractivity contribution in [3.8, 4) is 0 Å². The van der Waals surface area contributed by atoms with Crippen LogP contribution in [0.15, 0.2) is 0 Å². The van der Waals surface area contributed by atoms with Crippen LogP contribution in [0.1, 0.15) is 13.8 Å². The zero-order chi connectivity index (χ0) is 6.73. The van der Waals surface area contributed by atoms with Gasteiger partial charge in [0, 0.05) is 24.7 Å². The predicted molar refractivity (Wildman–Crippen MR) is 33.5 cm³/mol. The number of rotatable bonds is 1. The van der Waals surface area contributed by atoms with Crippen LogP contribution < -0.4 is 0 Å². The Morgan fingerprint density at radius 2 is 2.00 bits per heavy atom. The van der Waals surface area contributed by atoms with Gasteiger partial charge in [-0.25, -0.2) is 0 Å². The monoisotopic (exact) mass is 135 g/mol. The van der Waals surface area contributed by atoms with E-state index in [9.17, 15) is 4.79 Å². The number of nitrogens with zero attached hydrogens (tertiary/aromatic N) is 1. The first-order chi connectivity index (χ1) is 3.55. The smallest absolute Gasteiger partial charge is 0.239 e. The summed E-state index contributed by atoms with van der Waals surface area (Å²) < 4.78 is 1.07. The van der Waals surface area contributed by atoms with Crippen LogP contribution in [-0.4, -0.2) is 17.4 Å². The maximum absolute atomic E-state index is 10.6. The molecule has 0 radical (unpaired) electrons. The van der Waals surface area contributed by atoms with E-state index in [1.807, 2.05) is 0 Å². The van der Waals surface area contributed by atoms with Crippen molar-refractivity contribution in [2.24, 2.45) is 5.92 Å². The van der Waals surface area contributed by atoms with Gasteiger partial charge in [-0.05, 0) is 0 Å². The van der Waals surface area contributed by atoms with E-state index in [0.717, 1.165) is 4.42 Å². The summed E-state index contributed by atoms with van der Waals surface area (Å²) in [5, 5.41) is 0. The normalized spacial score (nSPS) is 9.62. The first-order valence-electron chi connectivity index (χ1n) is 2.49. The minimum atomic E-state index is -0.0494. The van der Waals surface area contributed by atoms with Gasteiger partial charge in [0.1, 0.15) is 0 Å². The second-order valence-corrected chi connectivity index (χ2v) is 2.48. The lowest BCUT2D eigenvalue weighted by Gasteiger charge is -2.08. The molecule has 0 atom stereocenters. The maximum Gasteiger partial charge on any atom is 0.239 e. The first kappa shape index (κ1) is 7.76. The number of hydrogen-bond donors (Lipinski definition) is 0. The summed E-state index contributed by atoms with van der Waals surface area (Å²) in [4.78, 5) is 10.6. The summed E-state index contributed by atoms with van der Waals surface area (Å²) in [5.41, 5.74) is 0. The van der Waals surface area contributed by atoms with Gasteiger partial charge in [-0.1, -0.05) is 13.8 Å². The largest absolute Gasteiger partial charge is 0.273 e. The molecule has 0 spiro atoms. The van der Waals surface area contributed by atoms with Gasteiger partial charge in [0.25, 0.3) is 0 Å². The molecule has 0 bridgehead atoms. The fraction of sp³-hybridized carbons (Fsp3) is 0.800. The van der Waals surface area contributed by atoms with Gasteiger partial charge in [0.2, 0.25) is 5.91 Å². The molecule has 0 aliphatic rings. The van der Waals surface area contributed by atoms with Crippen molar-refractivity contribution in [2.45, 2.75) is 13.8 Å². The molecule has 0 rings (SSSR count). The van der Waals surface area contributed by atoms with E-state index in [0.29, 0.717) is 0 Å². The molecule has 3 heteroatoms. The predicted octanol–water partition coefficient (Wildman–Crippen LogP) is 1.25. The van der Waals surface area contributed by atoms with Crippen LogP contribution in [0.3, 0.4) is 0 Å². The average molecular weight is 136 g/mol. The third-order valence-electron chi connectivity index (χ3n) is 0.798. The Morgan fingerprint density at radius 1 is 1.62 bits per heavy atom. The van der Waals surface area contributed by atoms with E-state index in [-0.39, 0.29) is 11.8 Å². The SMILES string of the molecule is CC(C)C(=O)N(C)Cl. The molecule has 0 fully saturated rings. The summed E-state index contributed by atoms with van der Waals surface area (Å²) in [6, 6.07) is 0. The molecular weight excluding hydrogens is 126 g/mol. The van der Waals surface area contributed by atoms with E-state index in [4.69, 9.17) is 11.8 Å². The molecule has 0 aromatic heterocycles. The zero-order valence-corrected chi connectivity index (χ0v) is 6.07. The van der Waals surface area contributed by atoms with Gasteiger partial charge in [-0.15, -0.1) is 0 Å². The van der Waals surface area contributed by atoms with E-state index >= 15 is 0 Å². The standard InChI is InChI=1S/C5H10ClNO/c1-4(2)5(8)7(3)6/h4H,1-3H3. The van der Waals surface area contributed by atoms with Gasteiger partial charge in [0.15, 0.2) is 0 Å². The molecule has 0 aliphatic heterocycles. The van der Waals surface area contributed by atoms with Crippen LogP contribution >= 0.6 is 11.8 Å². The molecule has 0 aromatic carbocycles. The van der Waals surface area contributed by atoms with Crippen LogP contribution in [0.2, 0.25) is 0 Å². The van der Waals surface area contributed by atoms with Gasteiger partial charge in [0.05, 0.1) is 0 Å². The molecule has 0 heterocycles. The van der Waals surface area contributed by atoms with Crippen molar-refractivity contribution >= 4 is 17.7 Å². The minimum absolute atomic E-state index is 0.00231. The van der Waals surface area contributed by atoms with Crippen LogP contribution in [0.4, 0.5) is 0 Å². The molecule has 0 aromatic rings. The third-order valence-corrected chi connectivity index (χ3v) is 0.964. The van der Waals surface area contributed by atoms with Gasteiger partial charge < -0.3 is 0 Å². The lowest BCUT2D eigenvalue weighted by Crippen LogP contribution is -2.21. The molecular formula is C5H10ClNO. The van der Waals surface area contributed by atoms with Gasteiger partial charge in [-0.2, -0.15) is 0 Å². The maximum atomic E-state index is 10.6. The van der Waals surface area contributed by atoms with Crippen molar-refractivity contribution in [2.75, 3.05) is 7.05 Å². The topological polar surface area (TPSA) is 20.3 Å². The van der Waals surface area contributed by atoms with E-state index < -0.39 is 0 Å². The van der Waals surface area contributed by atoms with Crippen molar-refractivity contribution in [1.29, 1.82) is 0 Å². The Balaban J connectivity index is 3.65. The third kappa shape index (κ3) is 2.17. The van der Waals surface area contributed by atoms with Crippen LogP contribution in [0, 0.1) is 5.92 Å². The Hall–Kier alpha value is -0.240. The van der Waals surface area contributed by atoms with Crippen molar-refractivity contribution in [3.05, 3.63) is 0 Å². The quantitative estimate of drug-likeness (QED) is 0.496. The highest BCUT2D eigenvalue weighted by Crippen LogP contribution is 1.99. The van der Waals surface area contributed by atoms with Crippen molar-refractivity contribution in [1.82, 2.24) is 4.42 Å². The lowest BCUT2D eigenvalue weighted by molar-refractivity contribution is -0.128. The second-order valence-electron chi connectivity index (χ2n) is 1.97. The van der Waals surface area contributed by atoms with Crippen LogP contribution in [-0.2, 0) is 4.79 Å². The molecule has 0 unspecified atom stereocenters. The lowest BCUT2D eigenvalue weighted by atomic mass is 10.2. The molecule has 48 valence electrons. The molecule has 1 amide bonds. The first-order valence-corrected chi connectivity index (χ1v) is 2.83. The van der Waals surface area contributed by atoms with E-state index in [2.05, 4.69) is 0 Å². The number of carbonyl (C=O) groups is 1. The summed E-state index contributed by atoms with van der Waals surface area (Å²) in [5.74, 6) is -0.0517. The summed E-state index contributed by atoms with van der Waals surface area (Å²) >= 11 is 5.31. The van der Waals surface area contributed by atoms with Crippen molar-refractivity contribution in [3.63, 3.8) is 0 Å². The average Bonchev–Trinajstić information content (AvgIpc) is 1.64. The number of carbonyl (C=O) groups excluding carboxylic acids is 1. The Morgan fingerprint density at radius 3 is 2.00 bits per heavy atom. The molecule has 0 saturated heterocycles. The summed E-state index contributed by atoms with van der Waals surface area (Å²) in [6.45, 7) is 3.61. The van der Waals surface area contributed by atoms with Crippen molar-refractivity contribution < 1.29 is 4.79 Å². The number of halogens is 1. The van der Waals surface area contributed by atoms with Crippen LogP contribution in [0.5, 0.6) is 0 Å². The highest BCUT2D eigenvalue weighted by atomic mass is 35.5. The fourth-order valence-corrected chi connectivity index (χ4v) is 0.551. The molecule has 8 heavy (non-hydrogen) atoms. The van der Waals surface area contributed by atoms with Gasteiger partial charge >= 0.3 is 0 Å². The Labute approximate surface area is 54.5 Å². The van der Waals surface area contributed by atoms with E-state index in [1.54, 1.807) is 13.8 Å². The highest BCUT2D eigenvalue weighted by molar-refractivity contribution is 6.21. The van der Waals surface area contributed by atoms with Gasteiger partial charge in [-0.3, -0.25) is 9.21 Å².